The Morgan fingerprint density at radius 2 is 2.17 bits per heavy atom. The van der Waals surface area contributed by atoms with Gasteiger partial charge in [0.15, 0.2) is 0 Å². The Labute approximate surface area is 108 Å². The van der Waals surface area contributed by atoms with Gasteiger partial charge in [0.2, 0.25) is 0 Å². The van der Waals surface area contributed by atoms with Crippen LogP contribution in [0.15, 0.2) is 18.2 Å². The van der Waals surface area contributed by atoms with Crippen molar-refractivity contribution in [1.29, 1.82) is 0 Å². The molecule has 0 spiro atoms. The zero-order chi connectivity index (χ0) is 13.5. The molecule has 1 aromatic carbocycles. The van der Waals surface area contributed by atoms with Gasteiger partial charge in [0.1, 0.15) is 5.75 Å². The highest BCUT2D eigenvalue weighted by Gasteiger charge is 2.09. The molecular formula is C14H20O4. The van der Waals surface area contributed by atoms with Crippen molar-refractivity contribution in [2.75, 3.05) is 13.7 Å². The van der Waals surface area contributed by atoms with Crippen molar-refractivity contribution in [2.45, 2.75) is 32.8 Å². The monoisotopic (exact) mass is 252 g/mol. The predicted molar refractivity (Wildman–Crippen MR) is 68.6 cm³/mol. The van der Waals surface area contributed by atoms with Crippen LogP contribution >= 0.6 is 0 Å². The molecule has 0 aromatic heterocycles. The highest BCUT2D eigenvalue weighted by molar-refractivity contribution is 5.69. The minimum atomic E-state index is -0.569. The van der Waals surface area contributed by atoms with E-state index in [1.165, 1.54) is 7.11 Å². The molecule has 18 heavy (non-hydrogen) atoms. The van der Waals surface area contributed by atoms with Gasteiger partial charge in [0.25, 0.3) is 0 Å². The fourth-order valence-corrected chi connectivity index (χ4v) is 1.63. The third-order valence-electron chi connectivity index (χ3n) is 2.63. The molecular weight excluding hydrogens is 232 g/mol. The number of aliphatic hydroxyl groups is 1. The minimum absolute atomic E-state index is 0.238. The first kappa shape index (κ1) is 14.5. The Morgan fingerprint density at radius 3 is 2.78 bits per heavy atom. The number of carbonyl (C=O) groups excluding carboxylic acids is 1. The zero-order valence-corrected chi connectivity index (χ0v) is 11.1. The van der Waals surface area contributed by atoms with Gasteiger partial charge in [0.05, 0.1) is 19.8 Å². The zero-order valence-electron chi connectivity index (χ0n) is 11.1. The molecule has 100 valence electrons. The van der Waals surface area contributed by atoms with E-state index in [2.05, 4.69) is 4.74 Å². The van der Waals surface area contributed by atoms with Gasteiger partial charge in [-0.2, -0.15) is 0 Å². The molecule has 0 aliphatic rings. The molecule has 0 aliphatic heterocycles. The van der Waals surface area contributed by atoms with Crippen molar-refractivity contribution >= 4 is 5.97 Å². The van der Waals surface area contributed by atoms with Gasteiger partial charge in [-0.05, 0) is 32.4 Å². The van der Waals surface area contributed by atoms with Gasteiger partial charge in [0, 0.05) is 12.0 Å². The van der Waals surface area contributed by atoms with Crippen LogP contribution in [0.5, 0.6) is 5.75 Å². The molecule has 0 bridgehead atoms. The van der Waals surface area contributed by atoms with Crippen LogP contribution in [0.2, 0.25) is 0 Å². The van der Waals surface area contributed by atoms with Crippen molar-refractivity contribution in [3.05, 3.63) is 29.3 Å². The summed E-state index contributed by atoms with van der Waals surface area (Å²) < 4.78 is 10.1. The maximum atomic E-state index is 10.9. The fraction of sp³-hybridized carbons (Fsp3) is 0.500. The molecule has 4 nitrogen and oxygen atoms in total. The number of aliphatic hydroxyl groups excluding tert-OH is 1. The number of esters is 1. The number of carbonyl (C=O) groups is 1. The lowest BCUT2D eigenvalue weighted by Gasteiger charge is -2.14. The van der Waals surface area contributed by atoms with E-state index in [1.807, 2.05) is 25.1 Å². The summed E-state index contributed by atoms with van der Waals surface area (Å²) in [4.78, 5) is 10.9. The van der Waals surface area contributed by atoms with E-state index in [1.54, 1.807) is 6.92 Å². The summed E-state index contributed by atoms with van der Waals surface area (Å²) in [6.07, 6.45) is 0.368. The molecule has 4 heteroatoms. The standard InChI is InChI=1S/C14H20O4/c1-10-6-7-13(12(9-10)11(2)15)18-8-4-5-14(16)17-3/h6-7,9,11,15H,4-5,8H2,1-3H3/t11-/m0/s1. The van der Waals surface area contributed by atoms with Crippen molar-refractivity contribution in [1.82, 2.24) is 0 Å². The van der Waals surface area contributed by atoms with Crippen LogP contribution in [0, 0.1) is 6.92 Å². The molecule has 1 N–H and O–H groups in total. The Kier molecular flexibility index (Phi) is 5.65. The SMILES string of the molecule is COC(=O)CCCOc1ccc(C)cc1[C@H](C)O. The summed E-state index contributed by atoms with van der Waals surface area (Å²) in [7, 11) is 1.37. The minimum Gasteiger partial charge on any atom is -0.493 e. The first-order valence-electron chi connectivity index (χ1n) is 6.03. The van der Waals surface area contributed by atoms with Crippen LogP contribution in [0.1, 0.15) is 37.0 Å². The molecule has 0 amide bonds. The van der Waals surface area contributed by atoms with Crippen molar-refractivity contribution < 1.29 is 19.4 Å². The Hall–Kier alpha value is -1.55. The Bertz CT molecular complexity index is 399. The van der Waals surface area contributed by atoms with Crippen LogP contribution in [0.3, 0.4) is 0 Å². The second-order valence-electron chi connectivity index (χ2n) is 4.25. The number of benzene rings is 1. The number of ether oxygens (including phenoxy) is 2. The van der Waals surface area contributed by atoms with Gasteiger partial charge >= 0.3 is 5.97 Å². The third kappa shape index (κ3) is 4.37. The van der Waals surface area contributed by atoms with E-state index in [0.717, 1.165) is 11.1 Å². The van der Waals surface area contributed by atoms with Crippen LogP contribution in [0.25, 0.3) is 0 Å². The molecule has 0 radical (unpaired) electrons. The summed E-state index contributed by atoms with van der Waals surface area (Å²) in [5.41, 5.74) is 1.85. The smallest absolute Gasteiger partial charge is 0.305 e. The summed E-state index contributed by atoms with van der Waals surface area (Å²) in [6.45, 7) is 4.10. The molecule has 0 saturated carbocycles. The van der Waals surface area contributed by atoms with Crippen molar-refractivity contribution in [3.8, 4) is 5.75 Å². The topological polar surface area (TPSA) is 55.8 Å². The summed E-state index contributed by atoms with van der Waals surface area (Å²) in [5.74, 6) is 0.429. The van der Waals surface area contributed by atoms with Crippen LogP contribution in [-0.4, -0.2) is 24.8 Å². The molecule has 1 rings (SSSR count). The first-order chi connectivity index (χ1) is 8.54. The van der Waals surface area contributed by atoms with Crippen molar-refractivity contribution in [2.24, 2.45) is 0 Å². The van der Waals surface area contributed by atoms with E-state index in [-0.39, 0.29) is 5.97 Å². The van der Waals surface area contributed by atoms with E-state index in [4.69, 9.17) is 4.74 Å². The van der Waals surface area contributed by atoms with Gasteiger partial charge in [-0.25, -0.2) is 0 Å². The molecule has 0 aliphatic carbocycles. The first-order valence-corrected chi connectivity index (χ1v) is 6.03. The van der Waals surface area contributed by atoms with E-state index in [0.29, 0.717) is 25.2 Å². The van der Waals surface area contributed by atoms with Gasteiger partial charge in [-0.1, -0.05) is 11.6 Å². The number of hydrogen-bond acceptors (Lipinski definition) is 4. The van der Waals surface area contributed by atoms with Crippen LogP contribution in [0.4, 0.5) is 0 Å². The largest absolute Gasteiger partial charge is 0.493 e. The van der Waals surface area contributed by atoms with Gasteiger partial charge in [-0.3, -0.25) is 4.79 Å². The lowest BCUT2D eigenvalue weighted by Crippen LogP contribution is -2.06. The number of rotatable bonds is 6. The Balaban J connectivity index is 2.54. The van der Waals surface area contributed by atoms with Crippen LogP contribution in [-0.2, 0) is 9.53 Å². The second kappa shape index (κ2) is 7.01. The Morgan fingerprint density at radius 1 is 1.44 bits per heavy atom. The third-order valence-corrected chi connectivity index (χ3v) is 2.63. The molecule has 0 saturated heterocycles. The van der Waals surface area contributed by atoms with E-state index in [9.17, 15) is 9.90 Å². The van der Waals surface area contributed by atoms with Crippen LogP contribution < -0.4 is 4.74 Å². The lowest BCUT2D eigenvalue weighted by atomic mass is 10.1. The van der Waals surface area contributed by atoms with Gasteiger partial charge in [-0.15, -0.1) is 0 Å². The second-order valence-corrected chi connectivity index (χ2v) is 4.25. The molecule has 0 fully saturated rings. The normalized spacial score (nSPS) is 12.0. The molecule has 0 heterocycles. The highest BCUT2D eigenvalue weighted by atomic mass is 16.5. The summed E-state index contributed by atoms with van der Waals surface area (Å²) in [5, 5.41) is 9.66. The molecule has 1 atom stereocenters. The maximum Gasteiger partial charge on any atom is 0.305 e. The molecule has 1 aromatic rings. The quantitative estimate of drug-likeness (QED) is 0.624. The number of aryl methyl sites for hydroxylation is 1. The van der Waals surface area contributed by atoms with E-state index >= 15 is 0 Å². The fourth-order valence-electron chi connectivity index (χ4n) is 1.63. The summed E-state index contributed by atoms with van der Waals surface area (Å²) >= 11 is 0. The lowest BCUT2D eigenvalue weighted by molar-refractivity contribution is -0.140. The highest BCUT2D eigenvalue weighted by Crippen LogP contribution is 2.26. The van der Waals surface area contributed by atoms with Gasteiger partial charge < -0.3 is 14.6 Å². The average Bonchev–Trinajstić information content (AvgIpc) is 2.35. The maximum absolute atomic E-state index is 10.9. The van der Waals surface area contributed by atoms with E-state index < -0.39 is 6.10 Å². The number of hydrogen-bond donors (Lipinski definition) is 1. The number of methoxy groups -OCH3 is 1. The predicted octanol–water partition coefficient (Wildman–Crippen LogP) is 2.38. The summed E-state index contributed by atoms with van der Waals surface area (Å²) in [6, 6.07) is 5.68. The van der Waals surface area contributed by atoms with Crippen molar-refractivity contribution in [3.63, 3.8) is 0 Å². The average molecular weight is 252 g/mol. The molecule has 0 unspecified atom stereocenters.